The molecule has 15 amide bonds. The molecular formula is C91H114F3N17O22S. The van der Waals surface area contributed by atoms with Gasteiger partial charge in [-0.05, 0) is 89.9 Å². The molecule has 134 heavy (non-hydrogen) atoms. The number of nitrogens with one attached hydrogen (secondary N) is 10. The van der Waals surface area contributed by atoms with Gasteiger partial charge in [0.15, 0.2) is 17.5 Å². The second-order valence-electron chi connectivity index (χ2n) is 33.8. The Morgan fingerprint density at radius 1 is 0.507 bits per heavy atom. The zero-order valence-corrected chi connectivity index (χ0v) is 75.4. The molecule has 0 saturated carbocycles. The number of carboxylic acids is 2. The number of likely N-dealkylation sites (N-methyl/N-ethyl adjacent to an activating group) is 3. The molecule has 3 saturated heterocycles. The van der Waals surface area contributed by atoms with Crippen LogP contribution in [0.5, 0.6) is 5.75 Å². The van der Waals surface area contributed by atoms with Crippen molar-refractivity contribution in [1.29, 1.82) is 0 Å². The normalized spacial score (nSPS) is 24.6. The molecular weight excluding hydrogens is 1770 g/mol. The van der Waals surface area contributed by atoms with Crippen LogP contribution in [-0.4, -0.2) is 305 Å². The Morgan fingerprint density at radius 2 is 1.00 bits per heavy atom. The molecule has 39 nitrogen and oxygen atoms in total. The number of hydrogen-bond acceptors (Lipinski definition) is 22. The number of aliphatic hydroxyl groups excluding tert-OH is 2. The number of nitrogens with zero attached hydrogens (tertiary/aromatic N) is 5. The quantitative estimate of drug-likeness (QED) is 0.0322. The van der Waals surface area contributed by atoms with Gasteiger partial charge in [-0.3, -0.25) is 81.5 Å². The van der Waals surface area contributed by atoms with Crippen LogP contribution in [0, 0.1) is 23.4 Å². The van der Waals surface area contributed by atoms with Crippen LogP contribution in [0.1, 0.15) is 106 Å². The summed E-state index contributed by atoms with van der Waals surface area (Å²) in [4.78, 5) is 257. The molecule has 3 aliphatic heterocycles. The number of hydrogen-bond donors (Lipinski definition) is 17. The van der Waals surface area contributed by atoms with Gasteiger partial charge >= 0.3 is 11.9 Å². The fourth-order valence-electron chi connectivity index (χ4n) is 16.2. The molecule has 19 N–H and O–H groups in total. The van der Waals surface area contributed by atoms with E-state index in [0.717, 1.165) is 38.6 Å². The first-order chi connectivity index (χ1) is 63.6. The van der Waals surface area contributed by atoms with Crippen LogP contribution in [0.15, 0.2) is 128 Å². The molecule has 1 aromatic heterocycles. The summed E-state index contributed by atoms with van der Waals surface area (Å²) in [5.74, 6) is -27.8. The number of unbranched alkanes of at least 4 members (excludes halogenated alkanes) is 1. The number of phenols is 1. The number of nitrogens with two attached hydrogens (primary N) is 2. The lowest BCUT2D eigenvalue weighted by atomic mass is 9.98. The number of H-pyrrole nitrogens is 1. The van der Waals surface area contributed by atoms with Gasteiger partial charge in [0.05, 0.1) is 37.3 Å². The average Bonchev–Trinajstić information content (AvgIpc) is 1.56. The number of fused-ring (bicyclic) bond motifs is 3. The SMILES string of the molecule is CCCC[C@H]1C(=O)N2C[C@H](O)C[C@@H]2C(=O)N[C@@H](CC(=O)O)C(=O)N[C@@H](C(C)C)C(=O)N(C)[C@H](Cc2ccccc2)C(=O)N[C@@H](CC(=O)O)C(=O)N2C[C@H](O)C[C@@H]2C(=O)N[C@@H](Cc2c[nH]c3ccccc23)C(=O)N[C@@H](Cc2ccc(O)cc2)C(=O)N[C@@H](CCCN)C(=O)N[C@H](C(=O)NCC(N)=O)CSCC(=O)N[C@@H](Cc2cc(F)c(F)c(F)c2)C(=O)N(C)[C@@H](Cc2ccccc2)C(=O)N1C. The van der Waals surface area contributed by atoms with Crippen molar-refractivity contribution < 1.29 is 120 Å². The average molecular weight is 1890 g/mol. The highest BCUT2D eigenvalue weighted by atomic mass is 32.2. The number of para-hydroxylation sites is 1. The largest absolute Gasteiger partial charge is 0.508 e. The molecule has 0 bridgehead atoms. The lowest BCUT2D eigenvalue weighted by molar-refractivity contribution is -0.152. The van der Waals surface area contributed by atoms with E-state index in [2.05, 4.69) is 52.8 Å². The van der Waals surface area contributed by atoms with Gasteiger partial charge in [0.25, 0.3) is 0 Å². The molecule has 9 rings (SSSR count). The van der Waals surface area contributed by atoms with E-state index in [1.807, 2.05) is 0 Å². The number of aliphatic hydroxyl groups is 2. The van der Waals surface area contributed by atoms with Crippen molar-refractivity contribution >= 4 is 123 Å². The van der Waals surface area contributed by atoms with Gasteiger partial charge in [0.1, 0.15) is 84.3 Å². The number of benzene rings is 5. The Bertz CT molecular complexity index is 5240. The fraction of sp³-hybridized carbons (Fsp3) is 0.462. The Labute approximate surface area is 773 Å². The molecule has 6 aromatic rings. The summed E-state index contributed by atoms with van der Waals surface area (Å²) in [6.07, 6.45) is -7.20. The maximum atomic E-state index is 15.7. The first kappa shape index (κ1) is 104. The number of aromatic amines is 1. The van der Waals surface area contributed by atoms with Gasteiger partial charge < -0.3 is 114 Å². The number of amides is 15. The minimum atomic E-state index is -2.12. The molecule has 5 aromatic carbocycles. The van der Waals surface area contributed by atoms with Crippen molar-refractivity contribution in [2.75, 3.05) is 58.8 Å². The molecule has 15 atom stereocenters. The van der Waals surface area contributed by atoms with Gasteiger partial charge in [-0.1, -0.05) is 125 Å². The summed E-state index contributed by atoms with van der Waals surface area (Å²) in [6.45, 7) is 2.50. The van der Waals surface area contributed by atoms with Crippen LogP contribution in [0.4, 0.5) is 13.2 Å². The number of carboxylic acid groups (broad SMARTS) is 2. The minimum Gasteiger partial charge on any atom is -0.508 e. The molecule has 0 unspecified atom stereocenters. The number of thioether (sulfide) groups is 1. The van der Waals surface area contributed by atoms with Crippen LogP contribution < -0.4 is 59.3 Å². The number of carbonyl (C=O) groups is 17. The summed E-state index contributed by atoms with van der Waals surface area (Å²) in [5, 5.41) is 77.1. The van der Waals surface area contributed by atoms with Crippen LogP contribution in [0.3, 0.4) is 0 Å². The van der Waals surface area contributed by atoms with Crippen LogP contribution in [-0.2, 0) is 114 Å². The molecule has 722 valence electrons. The van der Waals surface area contributed by atoms with Crippen LogP contribution in [0.2, 0.25) is 0 Å². The highest BCUT2D eigenvalue weighted by molar-refractivity contribution is 8.00. The molecule has 3 fully saturated rings. The third-order valence-electron chi connectivity index (χ3n) is 23.4. The van der Waals surface area contributed by atoms with E-state index in [-0.39, 0.29) is 56.4 Å². The molecule has 3 aliphatic rings. The molecule has 0 radical (unpaired) electrons. The van der Waals surface area contributed by atoms with Crippen molar-refractivity contribution in [1.82, 2.24) is 77.3 Å². The van der Waals surface area contributed by atoms with Crippen molar-refractivity contribution in [3.8, 4) is 5.75 Å². The second-order valence-corrected chi connectivity index (χ2v) is 34.8. The van der Waals surface area contributed by atoms with Crippen LogP contribution >= 0.6 is 11.8 Å². The summed E-state index contributed by atoms with van der Waals surface area (Å²) >= 11 is 0.621. The van der Waals surface area contributed by atoms with Gasteiger partial charge in [0.2, 0.25) is 88.6 Å². The third kappa shape index (κ3) is 28.5. The van der Waals surface area contributed by atoms with E-state index >= 15 is 51.9 Å². The summed E-state index contributed by atoms with van der Waals surface area (Å²) in [7, 11) is 3.50. The number of phenolic OH excluding ortho intramolecular Hbond substituents is 1. The van der Waals surface area contributed by atoms with E-state index in [1.165, 1.54) is 51.4 Å². The van der Waals surface area contributed by atoms with Crippen molar-refractivity contribution in [3.05, 3.63) is 173 Å². The Morgan fingerprint density at radius 3 is 1.57 bits per heavy atom. The lowest BCUT2D eigenvalue weighted by Crippen LogP contribution is -2.62. The Kier molecular flexibility index (Phi) is 37.9. The maximum absolute atomic E-state index is 15.7. The number of halogens is 3. The lowest BCUT2D eigenvalue weighted by Gasteiger charge is -2.38. The number of primary amides is 1. The van der Waals surface area contributed by atoms with Gasteiger partial charge in [-0.25, -0.2) is 13.2 Å². The van der Waals surface area contributed by atoms with Gasteiger partial charge in [-0.15, -0.1) is 11.8 Å². The second kappa shape index (κ2) is 48.7. The van der Waals surface area contributed by atoms with E-state index in [1.54, 1.807) is 91.9 Å². The predicted octanol–water partition coefficient (Wildman–Crippen LogP) is -1.03. The molecule has 4 heterocycles. The number of rotatable bonds is 24. The monoisotopic (exact) mass is 1890 g/mol. The summed E-state index contributed by atoms with van der Waals surface area (Å²) < 4.78 is 45.1. The van der Waals surface area contributed by atoms with Gasteiger partial charge in [-0.2, -0.15) is 0 Å². The number of aliphatic carboxylic acids is 2. The van der Waals surface area contributed by atoms with Crippen molar-refractivity contribution in [2.45, 2.75) is 201 Å². The Hall–Kier alpha value is -13.6. The zero-order valence-electron chi connectivity index (χ0n) is 74.6. The standard InChI is InChI=1S/C91H114F3N17O22S/c1-7-8-25-68-90(132)111-45-56(114)39-71(111)86(128)103-64(40-75(117)118)83(125)106-78(48(2)3)91(133)108(5)69(35-49-18-11-9-12-19-49)84(126)104-66(41-76(119)120)88(130)110-44-55(113)38-70(110)85(127)102-63(37-53-42-97-60-23-16-15-22-57(53)60)82(124)101-62(33-51-26-28-54(112)29-27-51)81(123)100-61(24-17-30-95)80(122)105-67(79(121)98-43-73(96)115)46-134-47-74(116)99-65(34-52-31-58(92)77(94)59(93)32-52)87(129)109(6)72(89(131)107(68)4)36-50-20-13-10-14-21-50/h9-16,18-23,26-29,31-32,42,48,55-56,61-72,78,97,112-114H,7-8,17,24-25,30,33-41,43-47,95H2,1-6H3,(H2,96,115)(H,98,121)(H,99,116)(H,100,123)(H,101,124)(H,102,127)(H,103,128)(H,104,126)(H,105,122)(H,106,125)(H,117,118)(H,119,120)/t55-,56-,61+,62+,63+,64+,65+,66+,67+,68+,69-,70-,71-,72+,78+/m1/s1. The smallest absolute Gasteiger partial charge is 0.305 e. The van der Waals surface area contributed by atoms with E-state index in [4.69, 9.17) is 11.5 Å². The number of aromatic hydroxyl groups is 1. The van der Waals surface area contributed by atoms with E-state index in [9.17, 15) is 68.3 Å². The van der Waals surface area contributed by atoms with Gasteiger partial charge in [0, 0.05) is 102 Å². The fourth-order valence-corrected chi connectivity index (χ4v) is 17.1. The Balaban J connectivity index is 1.14. The van der Waals surface area contributed by atoms with E-state index < -0.39 is 296 Å². The highest BCUT2D eigenvalue weighted by Crippen LogP contribution is 2.29. The third-order valence-corrected chi connectivity index (χ3v) is 24.5. The predicted molar refractivity (Wildman–Crippen MR) is 478 cm³/mol. The zero-order chi connectivity index (χ0) is 98.1. The van der Waals surface area contributed by atoms with E-state index in [0.29, 0.717) is 57.9 Å². The first-order valence-corrected chi connectivity index (χ1v) is 44.8. The molecule has 0 spiro atoms. The summed E-state index contributed by atoms with van der Waals surface area (Å²) in [6, 6.07) is 5.95. The molecule has 0 aliphatic carbocycles. The first-order valence-electron chi connectivity index (χ1n) is 43.7. The van der Waals surface area contributed by atoms with Crippen molar-refractivity contribution in [3.63, 3.8) is 0 Å². The summed E-state index contributed by atoms with van der Waals surface area (Å²) in [5.41, 5.74) is 13.0. The number of carbonyl (C=O) groups excluding carboxylic acids is 15. The highest BCUT2D eigenvalue weighted by Gasteiger charge is 2.49. The minimum absolute atomic E-state index is 0.0120. The number of aromatic nitrogens is 1. The van der Waals surface area contributed by atoms with Crippen molar-refractivity contribution in [2.24, 2.45) is 17.4 Å². The van der Waals surface area contributed by atoms with Crippen LogP contribution in [0.25, 0.3) is 10.9 Å². The maximum Gasteiger partial charge on any atom is 0.305 e. The topological polar surface area (TPSA) is 584 Å². The molecule has 43 heteroatoms.